The number of nitrogens with one attached hydrogen (secondary N) is 1. The molecular formula is C10H16N2O3S. The maximum absolute atomic E-state index is 11.4. The van der Waals surface area contributed by atoms with Gasteiger partial charge in [-0.05, 0) is 44.3 Å². The molecule has 0 saturated carbocycles. The van der Waals surface area contributed by atoms with Crippen molar-refractivity contribution in [2.75, 3.05) is 20.2 Å². The second kappa shape index (κ2) is 5.83. The van der Waals surface area contributed by atoms with Crippen molar-refractivity contribution in [2.24, 2.45) is 5.73 Å². The predicted molar refractivity (Wildman–Crippen MR) is 61.9 cm³/mol. The lowest BCUT2D eigenvalue weighted by Gasteiger charge is -2.06. The highest BCUT2D eigenvalue weighted by Gasteiger charge is 2.10. The molecule has 0 spiro atoms. The quantitative estimate of drug-likeness (QED) is 0.706. The maximum atomic E-state index is 11.4. The molecule has 0 radical (unpaired) electrons. The molecule has 0 aliphatic rings. The van der Waals surface area contributed by atoms with Crippen LogP contribution in [0, 0.1) is 0 Å². The number of rotatable bonds is 6. The van der Waals surface area contributed by atoms with E-state index in [4.69, 9.17) is 10.5 Å². The summed E-state index contributed by atoms with van der Waals surface area (Å²) in [5, 5.41) is 0. The van der Waals surface area contributed by atoms with Crippen LogP contribution < -0.4 is 15.2 Å². The molecule has 0 amide bonds. The molecule has 0 aliphatic heterocycles. The molecule has 5 nitrogen and oxygen atoms in total. The molecule has 0 unspecified atom stereocenters. The Morgan fingerprint density at radius 2 is 1.94 bits per heavy atom. The number of ether oxygens (including phenoxy) is 1. The van der Waals surface area contributed by atoms with E-state index < -0.39 is 10.0 Å². The summed E-state index contributed by atoms with van der Waals surface area (Å²) in [6.07, 6.45) is 0.774. The van der Waals surface area contributed by atoms with Gasteiger partial charge in [-0.2, -0.15) is 0 Å². The third kappa shape index (κ3) is 3.48. The zero-order chi connectivity index (χ0) is 12.0. The Labute approximate surface area is 95.7 Å². The van der Waals surface area contributed by atoms with Crippen molar-refractivity contribution in [3.63, 3.8) is 0 Å². The molecule has 0 aromatic heterocycles. The second-order valence-electron chi connectivity index (χ2n) is 3.17. The normalized spacial score (nSPS) is 11.4. The van der Waals surface area contributed by atoms with Gasteiger partial charge in [0.15, 0.2) is 0 Å². The van der Waals surface area contributed by atoms with Crippen LogP contribution in [0.1, 0.15) is 6.42 Å². The van der Waals surface area contributed by atoms with E-state index in [1.807, 2.05) is 0 Å². The zero-order valence-corrected chi connectivity index (χ0v) is 9.96. The Kier molecular flexibility index (Phi) is 4.72. The van der Waals surface area contributed by atoms with E-state index >= 15 is 0 Å². The van der Waals surface area contributed by atoms with Crippen molar-refractivity contribution in [3.05, 3.63) is 24.3 Å². The number of sulfonamides is 1. The Balaban J connectivity index is 2.68. The first-order chi connectivity index (χ1) is 7.60. The van der Waals surface area contributed by atoms with Crippen molar-refractivity contribution >= 4 is 10.0 Å². The highest BCUT2D eigenvalue weighted by Crippen LogP contribution is 2.15. The van der Waals surface area contributed by atoms with Gasteiger partial charge in [0.1, 0.15) is 5.75 Å². The molecule has 0 bridgehead atoms. The summed E-state index contributed by atoms with van der Waals surface area (Å²) in [6.45, 7) is 1.11. The van der Waals surface area contributed by atoms with Crippen LogP contribution in [0.25, 0.3) is 0 Å². The first-order valence-corrected chi connectivity index (χ1v) is 6.45. The minimum atomic E-state index is -3.37. The smallest absolute Gasteiger partial charge is 0.240 e. The number of hydrogen-bond donors (Lipinski definition) is 2. The highest BCUT2D eigenvalue weighted by molar-refractivity contribution is 7.89. The van der Waals surface area contributed by atoms with Crippen LogP contribution in [0.5, 0.6) is 5.75 Å². The fourth-order valence-electron chi connectivity index (χ4n) is 1.11. The average molecular weight is 244 g/mol. The van der Waals surface area contributed by atoms with E-state index in [1.54, 1.807) is 12.1 Å². The van der Waals surface area contributed by atoms with Gasteiger partial charge < -0.3 is 10.5 Å². The first kappa shape index (κ1) is 13.0. The molecule has 6 heteroatoms. The average Bonchev–Trinajstić information content (AvgIpc) is 2.30. The van der Waals surface area contributed by atoms with Crippen LogP contribution >= 0.6 is 0 Å². The number of nitrogens with two attached hydrogens (primary N) is 1. The van der Waals surface area contributed by atoms with Gasteiger partial charge in [-0.3, -0.25) is 0 Å². The minimum absolute atomic E-state index is 0.223. The van der Waals surface area contributed by atoms with Gasteiger partial charge >= 0.3 is 0 Å². The van der Waals surface area contributed by atoms with Crippen molar-refractivity contribution in [3.8, 4) is 5.75 Å². The van der Waals surface area contributed by atoms with E-state index in [0.717, 1.165) is 6.42 Å². The second-order valence-corrected chi connectivity index (χ2v) is 5.06. The van der Waals surface area contributed by atoms with Crippen molar-refractivity contribution in [1.29, 1.82) is 0 Å². The largest absolute Gasteiger partial charge is 0.494 e. The Hall–Kier alpha value is -1.11. The SMILES string of the molecule is CNS(=O)(=O)c1ccc(OCCCN)cc1. The van der Waals surface area contributed by atoms with Gasteiger partial charge in [0.05, 0.1) is 11.5 Å². The Morgan fingerprint density at radius 3 is 2.44 bits per heavy atom. The van der Waals surface area contributed by atoms with Gasteiger partial charge in [0.25, 0.3) is 0 Å². The summed E-state index contributed by atoms with van der Waals surface area (Å²) in [5.41, 5.74) is 5.32. The number of benzene rings is 1. The van der Waals surface area contributed by atoms with E-state index in [9.17, 15) is 8.42 Å². The molecule has 1 rings (SSSR count). The zero-order valence-electron chi connectivity index (χ0n) is 9.14. The summed E-state index contributed by atoms with van der Waals surface area (Å²) in [6, 6.07) is 6.26. The standard InChI is InChI=1S/C10H16N2O3S/c1-12-16(13,14)10-5-3-9(4-6-10)15-8-2-7-11/h3-6,12H,2,7-8,11H2,1H3. The molecule has 1 aromatic rings. The molecule has 0 atom stereocenters. The van der Waals surface area contributed by atoms with E-state index in [-0.39, 0.29) is 4.90 Å². The lowest BCUT2D eigenvalue weighted by molar-refractivity contribution is 0.313. The maximum Gasteiger partial charge on any atom is 0.240 e. The van der Waals surface area contributed by atoms with E-state index in [0.29, 0.717) is 18.9 Å². The van der Waals surface area contributed by atoms with Crippen LogP contribution in [0.4, 0.5) is 0 Å². The van der Waals surface area contributed by atoms with Crippen LogP contribution in [-0.2, 0) is 10.0 Å². The van der Waals surface area contributed by atoms with Gasteiger partial charge in [-0.25, -0.2) is 13.1 Å². The first-order valence-electron chi connectivity index (χ1n) is 4.96. The third-order valence-electron chi connectivity index (χ3n) is 2.02. The molecule has 0 aliphatic carbocycles. The molecule has 90 valence electrons. The molecule has 0 fully saturated rings. The minimum Gasteiger partial charge on any atom is -0.494 e. The van der Waals surface area contributed by atoms with Crippen molar-refractivity contribution in [1.82, 2.24) is 4.72 Å². The Morgan fingerprint density at radius 1 is 1.31 bits per heavy atom. The molecule has 1 aromatic carbocycles. The lowest BCUT2D eigenvalue weighted by Crippen LogP contribution is -2.18. The van der Waals surface area contributed by atoms with Crippen molar-refractivity contribution < 1.29 is 13.2 Å². The van der Waals surface area contributed by atoms with Gasteiger partial charge in [-0.15, -0.1) is 0 Å². The highest BCUT2D eigenvalue weighted by atomic mass is 32.2. The molecule has 0 saturated heterocycles. The molecule has 0 heterocycles. The third-order valence-corrected chi connectivity index (χ3v) is 3.45. The van der Waals surface area contributed by atoms with Gasteiger partial charge in [-0.1, -0.05) is 0 Å². The fourth-order valence-corrected chi connectivity index (χ4v) is 1.84. The topological polar surface area (TPSA) is 81.4 Å². The summed E-state index contributed by atoms with van der Waals surface area (Å²) in [5.74, 6) is 0.642. The van der Waals surface area contributed by atoms with Crippen LogP contribution in [0.2, 0.25) is 0 Å². The van der Waals surface area contributed by atoms with Gasteiger partial charge in [0.2, 0.25) is 10.0 Å². The molecule has 3 N–H and O–H groups in total. The number of hydrogen-bond acceptors (Lipinski definition) is 4. The van der Waals surface area contributed by atoms with Crippen LogP contribution in [-0.4, -0.2) is 28.6 Å². The van der Waals surface area contributed by atoms with Crippen LogP contribution in [0.15, 0.2) is 29.2 Å². The Bertz CT molecular complexity index is 414. The lowest BCUT2D eigenvalue weighted by atomic mass is 10.3. The predicted octanol–water partition coefficient (Wildman–Crippen LogP) is 0.322. The molecule has 16 heavy (non-hydrogen) atoms. The summed E-state index contributed by atoms with van der Waals surface area (Å²) in [4.78, 5) is 0.223. The molecular weight excluding hydrogens is 228 g/mol. The summed E-state index contributed by atoms with van der Waals surface area (Å²) in [7, 11) is -1.99. The summed E-state index contributed by atoms with van der Waals surface area (Å²) >= 11 is 0. The van der Waals surface area contributed by atoms with Crippen molar-refractivity contribution in [2.45, 2.75) is 11.3 Å². The fraction of sp³-hybridized carbons (Fsp3) is 0.400. The summed E-state index contributed by atoms with van der Waals surface area (Å²) < 4.78 is 30.4. The van der Waals surface area contributed by atoms with Gasteiger partial charge in [0, 0.05) is 0 Å². The van der Waals surface area contributed by atoms with Crippen LogP contribution in [0.3, 0.4) is 0 Å². The van der Waals surface area contributed by atoms with E-state index in [2.05, 4.69) is 4.72 Å². The monoisotopic (exact) mass is 244 g/mol. The van der Waals surface area contributed by atoms with E-state index in [1.165, 1.54) is 19.2 Å².